The van der Waals surface area contributed by atoms with Gasteiger partial charge in [-0.25, -0.2) is 0 Å². The fourth-order valence-corrected chi connectivity index (χ4v) is 1.57. The highest BCUT2D eigenvalue weighted by Gasteiger charge is 2.30. The molecular weight excluding hydrogens is 168 g/mol. The van der Waals surface area contributed by atoms with E-state index < -0.39 is 0 Å². The number of ether oxygens (including phenoxy) is 1. The molecule has 1 amide bonds. The first-order valence-electron chi connectivity index (χ1n) is 4.70. The molecule has 0 aliphatic carbocycles. The summed E-state index contributed by atoms with van der Waals surface area (Å²) in [5, 5.41) is 6.13. The van der Waals surface area contributed by atoms with Crippen LogP contribution in [0.15, 0.2) is 0 Å². The van der Waals surface area contributed by atoms with Gasteiger partial charge in [0.1, 0.15) is 0 Å². The van der Waals surface area contributed by atoms with E-state index in [1.54, 1.807) is 6.92 Å². The molecule has 1 aliphatic rings. The summed E-state index contributed by atoms with van der Waals surface area (Å²) in [6.07, 6.45) is 1.92. The van der Waals surface area contributed by atoms with Crippen LogP contribution in [0.3, 0.4) is 0 Å². The van der Waals surface area contributed by atoms with E-state index >= 15 is 0 Å². The fraction of sp³-hybridized carbons (Fsp3) is 0.889. The van der Waals surface area contributed by atoms with Crippen molar-refractivity contribution >= 4 is 5.91 Å². The van der Waals surface area contributed by atoms with Crippen molar-refractivity contribution in [1.82, 2.24) is 10.6 Å². The second kappa shape index (κ2) is 4.58. The van der Waals surface area contributed by atoms with Crippen LogP contribution < -0.4 is 10.6 Å². The molecule has 13 heavy (non-hydrogen) atoms. The predicted octanol–water partition coefficient (Wildman–Crippen LogP) is -0.109. The summed E-state index contributed by atoms with van der Waals surface area (Å²) >= 11 is 0. The van der Waals surface area contributed by atoms with Crippen LogP contribution in [0.2, 0.25) is 0 Å². The van der Waals surface area contributed by atoms with Crippen molar-refractivity contribution in [2.24, 2.45) is 0 Å². The van der Waals surface area contributed by atoms with Crippen LogP contribution in [0.4, 0.5) is 0 Å². The zero-order valence-electron chi connectivity index (χ0n) is 8.35. The van der Waals surface area contributed by atoms with Crippen LogP contribution >= 0.6 is 0 Å². The van der Waals surface area contributed by atoms with E-state index in [0.717, 1.165) is 26.1 Å². The van der Waals surface area contributed by atoms with E-state index in [-0.39, 0.29) is 11.4 Å². The SMILES string of the molecule is CNC1(CNC(C)=O)CCOCC1. The third-order valence-corrected chi connectivity index (χ3v) is 2.66. The Morgan fingerprint density at radius 2 is 2.08 bits per heavy atom. The molecule has 1 aliphatic heterocycles. The van der Waals surface area contributed by atoms with Gasteiger partial charge in [0.05, 0.1) is 0 Å². The molecule has 76 valence electrons. The zero-order valence-corrected chi connectivity index (χ0v) is 8.35. The van der Waals surface area contributed by atoms with Crippen molar-refractivity contribution in [3.05, 3.63) is 0 Å². The Hall–Kier alpha value is -0.610. The van der Waals surface area contributed by atoms with Crippen molar-refractivity contribution in [1.29, 1.82) is 0 Å². The molecule has 0 radical (unpaired) electrons. The molecule has 0 aromatic heterocycles. The number of rotatable bonds is 3. The summed E-state index contributed by atoms with van der Waals surface area (Å²) in [5.41, 5.74) is 0.0456. The minimum atomic E-state index is 0.0288. The molecule has 1 saturated heterocycles. The van der Waals surface area contributed by atoms with E-state index in [1.807, 2.05) is 7.05 Å². The van der Waals surface area contributed by atoms with Gasteiger partial charge in [-0.2, -0.15) is 0 Å². The van der Waals surface area contributed by atoms with E-state index in [2.05, 4.69) is 10.6 Å². The largest absolute Gasteiger partial charge is 0.381 e. The van der Waals surface area contributed by atoms with Crippen LogP contribution in [0.5, 0.6) is 0 Å². The van der Waals surface area contributed by atoms with E-state index in [0.29, 0.717) is 6.54 Å². The Morgan fingerprint density at radius 3 is 2.54 bits per heavy atom. The van der Waals surface area contributed by atoms with Crippen molar-refractivity contribution < 1.29 is 9.53 Å². The van der Waals surface area contributed by atoms with Gasteiger partial charge < -0.3 is 15.4 Å². The number of hydrogen-bond donors (Lipinski definition) is 2. The summed E-state index contributed by atoms with van der Waals surface area (Å²) in [6, 6.07) is 0. The lowest BCUT2D eigenvalue weighted by Crippen LogP contribution is -2.54. The van der Waals surface area contributed by atoms with Crippen molar-refractivity contribution in [2.45, 2.75) is 25.3 Å². The highest BCUT2D eigenvalue weighted by molar-refractivity contribution is 5.72. The summed E-state index contributed by atoms with van der Waals surface area (Å²) in [6.45, 7) is 3.80. The van der Waals surface area contributed by atoms with Crippen LogP contribution in [0, 0.1) is 0 Å². The van der Waals surface area contributed by atoms with Crippen molar-refractivity contribution in [3.63, 3.8) is 0 Å². The Labute approximate surface area is 79.0 Å². The van der Waals surface area contributed by atoms with Gasteiger partial charge in [-0.3, -0.25) is 4.79 Å². The van der Waals surface area contributed by atoms with E-state index in [4.69, 9.17) is 4.74 Å². The fourth-order valence-electron chi connectivity index (χ4n) is 1.57. The highest BCUT2D eigenvalue weighted by Crippen LogP contribution is 2.18. The van der Waals surface area contributed by atoms with Gasteiger partial charge >= 0.3 is 0 Å². The predicted molar refractivity (Wildman–Crippen MR) is 50.5 cm³/mol. The van der Waals surface area contributed by atoms with E-state index in [9.17, 15) is 4.79 Å². The Balaban J connectivity index is 2.42. The number of nitrogens with one attached hydrogen (secondary N) is 2. The Kier molecular flexibility index (Phi) is 3.69. The van der Waals surface area contributed by atoms with Crippen LogP contribution in [0.25, 0.3) is 0 Å². The summed E-state index contributed by atoms with van der Waals surface area (Å²) in [5.74, 6) is 0.0288. The second-order valence-corrected chi connectivity index (χ2v) is 3.55. The molecule has 0 spiro atoms. The highest BCUT2D eigenvalue weighted by atomic mass is 16.5. The lowest BCUT2D eigenvalue weighted by atomic mass is 9.90. The minimum absolute atomic E-state index is 0.0288. The average Bonchev–Trinajstić information content (AvgIpc) is 2.16. The molecule has 0 aromatic carbocycles. The summed E-state index contributed by atoms with van der Waals surface area (Å²) in [4.78, 5) is 10.8. The lowest BCUT2D eigenvalue weighted by molar-refractivity contribution is -0.119. The third kappa shape index (κ3) is 2.97. The first-order valence-corrected chi connectivity index (χ1v) is 4.70. The molecule has 2 N–H and O–H groups in total. The molecule has 1 rings (SSSR count). The van der Waals surface area contributed by atoms with Gasteiger partial charge in [0.15, 0.2) is 0 Å². The van der Waals surface area contributed by atoms with Crippen LogP contribution in [0.1, 0.15) is 19.8 Å². The maximum absolute atomic E-state index is 10.8. The lowest BCUT2D eigenvalue weighted by Gasteiger charge is -2.37. The van der Waals surface area contributed by atoms with Gasteiger partial charge in [0.25, 0.3) is 0 Å². The number of carbonyl (C=O) groups is 1. The molecule has 1 heterocycles. The standard InChI is InChI=1S/C9H18N2O2/c1-8(12)11-7-9(10-2)3-5-13-6-4-9/h10H,3-7H2,1-2H3,(H,11,12). The van der Waals surface area contributed by atoms with Crippen molar-refractivity contribution in [2.75, 3.05) is 26.8 Å². The van der Waals surface area contributed by atoms with Gasteiger partial charge in [0.2, 0.25) is 5.91 Å². The molecule has 0 bridgehead atoms. The topological polar surface area (TPSA) is 50.4 Å². The molecule has 0 aromatic rings. The normalized spacial score (nSPS) is 21.1. The Morgan fingerprint density at radius 1 is 1.46 bits per heavy atom. The van der Waals surface area contributed by atoms with Gasteiger partial charge in [-0.1, -0.05) is 0 Å². The van der Waals surface area contributed by atoms with Gasteiger partial charge in [0, 0.05) is 32.2 Å². The molecular formula is C9H18N2O2. The number of carbonyl (C=O) groups excluding carboxylic acids is 1. The minimum Gasteiger partial charge on any atom is -0.381 e. The first kappa shape index (κ1) is 10.5. The number of hydrogen-bond acceptors (Lipinski definition) is 3. The summed E-state index contributed by atoms with van der Waals surface area (Å²) < 4.78 is 5.28. The molecule has 4 nitrogen and oxygen atoms in total. The Bertz CT molecular complexity index is 176. The van der Waals surface area contributed by atoms with E-state index in [1.165, 1.54) is 0 Å². The second-order valence-electron chi connectivity index (χ2n) is 3.55. The number of likely N-dealkylation sites (N-methyl/N-ethyl adjacent to an activating group) is 1. The van der Waals surface area contributed by atoms with Crippen LogP contribution in [-0.2, 0) is 9.53 Å². The quantitative estimate of drug-likeness (QED) is 0.646. The average molecular weight is 186 g/mol. The summed E-state index contributed by atoms with van der Waals surface area (Å²) in [7, 11) is 1.94. The van der Waals surface area contributed by atoms with Gasteiger partial charge in [-0.15, -0.1) is 0 Å². The first-order chi connectivity index (χ1) is 6.18. The molecule has 1 fully saturated rings. The maximum Gasteiger partial charge on any atom is 0.216 e. The third-order valence-electron chi connectivity index (χ3n) is 2.66. The number of amides is 1. The maximum atomic E-state index is 10.8. The van der Waals surface area contributed by atoms with Gasteiger partial charge in [-0.05, 0) is 19.9 Å². The molecule has 4 heteroatoms. The van der Waals surface area contributed by atoms with Crippen LogP contribution in [-0.4, -0.2) is 38.3 Å². The molecule has 0 atom stereocenters. The monoisotopic (exact) mass is 186 g/mol. The smallest absolute Gasteiger partial charge is 0.216 e. The zero-order chi connectivity index (χ0) is 9.73. The van der Waals surface area contributed by atoms with Crippen molar-refractivity contribution in [3.8, 4) is 0 Å². The molecule has 0 saturated carbocycles. The molecule has 0 unspecified atom stereocenters.